The van der Waals surface area contributed by atoms with Crippen molar-refractivity contribution in [2.75, 3.05) is 6.54 Å². The lowest BCUT2D eigenvalue weighted by molar-refractivity contribution is 0.207. The third kappa shape index (κ3) is 2.63. The standard InChI is InChI=1S/C15H19N3O/c1-2-16-10-15-17-7-8-18(15)11-13-9-12-5-3-4-6-14(12)19-13/h3-8,13,16H,2,9-11H2,1H3. The van der Waals surface area contributed by atoms with Gasteiger partial charge in [0.05, 0.1) is 13.1 Å². The average Bonchev–Trinajstić information content (AvgIpc) is 3.02. The minimum absolute atomic E-state index is 0.215. The fourth-order valence-electron chi connectivity index (χ4n) is 2.49. The molecule has 1 unspecified atom stereocenters. The van der Waals surface area contributed by atoms with Crippen LogP contribution >= 0.6 is 0 Å². The minimum Gasteiger partial charge on any atom is -0.488 e. The van der Waals surface area contributed by atoms with Crippen molar-refractivity contribution in [1.82, 2.24) is 14.9 Å². The van der Waals surface area contributed by atoms with Crippen LogP contribution in [0.25, 0.3) is 0 Å². The molecule has 0 aliphatic carbocycles. The molecule has 0 fully saturated rings. The summed E-state index contributed by atoms with van der Waals surface area (Å²) in [6.07, 6.45) is 5.08. The first-order valence-electron chi connectivity index (χ1n) is 6.82. The predicted octanol–water partition coefficient (Wildman–Crippen LogP) is 2.00. The molecule has 19 heavy (non-hydrogen) atoms. The molecule has 0 bridgehead atoms. The maximum Gasteiger partial charge on any atom is 0.123 e. The second-order valence-corrected chi connectivity index (χ2v) is 4.83. The second kappa shape index (κ2) is 5.45. The number of nitrogens with one attached hydrogen (secondary N) is 1. The van der Waals surface area contributed by atoms with Crippen LogP contribution in [0.2, 0.25) is 0 Å². The Morgan fingerprint density at radius 2 is 2.32 bits per heavy atom. The highest BCUT2D eigenvalue weighted by Crippen LogP contribution is 2.28. The molecule has 0 spiro atoms. The summed E-state index contributed by atoms with van der Waals surface area (Å²) in [7, 11) is 0. The molecule has 1 N–H and O–H groups in total. The molecular formula is C15H19N3O. The molecule has 1 aliphatic heterocycles. The van der Waals surface area contributed by atoms with Crippen molar-refractivity contribution in [3.8, 4) is 5.75 Å². The summed E-state index contributed by atoms with van der Waals surface area (Å²) in [5, 5.41) is 3.31. The zero-order chi connectivity index (χ0) is 13.1. The van der Waals surface area contributed by atoms with Crippen LogP contribution in [0.5, 0.6) is 5.75 Å². The van der Waals surface area contributed by atoms with E-state index in [9.17, 15) is 0 Å². The number of fused-ring (bicyclic) bond motifs is 1. The third-order valence-corrected chi connectivity index (χ3v) is 3.45. The maximum atomic E-state index is 5.97. The van der Waals surface area contributed by atoms with Gasteiger partial charge in [0.25, 0.3) is 0 Å². The van der Waals surface area contributed by atoms with E-state index in [-0.39, 0.29) is 6.10 Å². The molecule has 2 aromatic rings. The predicted molar refractivity (Wildman–Crippen MR) is 74.2 cm³/mol. The van der Waals surface area contributed by atoms with Crippen LogP contribution in [0.1, 0.15) is 18.3 Å². The summed E-state index contributed by atoms with van der Waals surface area (Å²) in [5.41, 5.74) is 1.31. The van der Waals surface area contributed by atoms with E-state index in [1.165, 1.54) is 5.56 Å². The second-order valence-electron chi connectivity index (χ2n) is 4.83. The van der Waals surface area contributed by atoms with E-state index in [4.69, 9.17) is 4.74 Å². The number of imidazole rings is 1. The zero-order valence-corrected chi connectivity index (χ0v) is 11.2. The minimum atomic E-state index is 0.215. The lowest BCUT2D eigenvalue weighted by Gasteiger charge is -2.14. The van der Waals surface area contributed by atoms with E-state index in [1.807, 2.05) is 24.5 Å². The number of ether oxygens (including phenoxy) is 1. The molecule has 4 heteroatoms. The molecule has 0 amide bonds. The lowest BCUT2D eigenvalue weighted by atomic mass is 10.1. The van der Waals surface area contributed by atoms with Crippen LogP contribution in [0.15, 0.2) is 36.7 Å². The van der Waals surface area contributed by atoms with E-state index in [1.54, 1.807) is 0 Å². The summed E-state index contributed by atoms with van der Waals surface area (Å²) in [6, 6.07) is 8.28. The van der Waals surface area contributed by atoms with Crippen molar-refractivity contribution in [2.24, 2.45) is 0 Å². The van der Waals surface area contributed by atoms with Crippen LogP contribution in [-0.4, -0.2) is 22.2 Å². The van der Waals surface area contributed by atoms with Crippen LogP contribution in [0.4, 0.5) is 0 Å². The van der Waals surface area contributed by atoms with Gasteiger partial charge in [-0.2, -0.15) is 0 Å². The molecule has 1 atom stereocenters. The van der Waals surface area contributed by atoms with Gasteiger partial charge < -0.3 is 14.6 Å². The van der Waals surface area contributed by atoms with E-state index in [0.29, 0.717) is 0 Å². The van der Waals surface area contributed by atoms with Crippen molar-refractivity contribution in [3.63, 3.8) is 0 Å². The Balaban J connectivity index is 1.66. The topological polar surface area (TPSA) is 39.1 Å². The lowest BCUT2D eigenvalue weighted by Crippen LogP contribution is -2.24. The SMILES string of the molecule is CCNCc1nccn1CC1Cc2ccccc2O1. The van der Waals surface area contributed by atoms with Crippen LogP contribution in [0, 0.1) is 0 Å². The number of rotatable bonds is 5. The van der Waals surface area contributed by atoms with Crippen molar-refractivity contribution in [3.05, 3.63) is 48.0 Å². The summed E-state index contributed by atoms with van der Waals surface area (Å²) >= 11 is 0. The Hall–Kier alpha value is -1.81. The fraction of sp³-hybridized carbons (Fsp3) is 0.400. The van der Waals surface area contributed by atoms with Crippen LogP contribution < -0.4 is 10.1 Å². The van der Waals surface area contributed by atoms with Crippen molar-refractivity contribution in [2.45, 2.75) is 32.5 Å². The zero-order valence-electron chi connectivity index (χ0n) is 11.2. The Morgan fingerprint density at radius 1 is 1.42 bits per heavy atom. The number of aromatic nitrogens is 2. The molecule has 2 heterocycles. The van der Waals surface area contributed by atoms with Crippen LogP contribution in [0.3, 0.4) is 0 Å². The van der Waals surface area contributed by atoms with Crippen molar-refractivity contribution in [1.29, 1.82) is 0 Å². The van der Waals surface area contributed by atoms with Gasteiger partial charge in [0.15, 0.2) is 0 Å². The Morgan fingerprint density at radius 3 is 3.16 bits per heavy atom. The highest BCUT2D eigenvalue weighted by molar-refractivity contribution is 5.37. The third-order valence-electron chi connectivity index (χ3n) is 3.45. The van der Waals surface area contributed by atoms with Crippen molar-refractivity contribution < 1.29 is 4.74 Å². The molecule has 100 valence electrons. The fourth-order valence-corrected chi connectivity index (χ4v) is 2.49. The van der Waals surface area contributed by atoms with Gasteiger partial charge in [-0.05, 0) is 18.2 Å². The number of para-hydroxylation sites is 1. The monoisotopic (exact) mass is 257 g/mol. The van der Waals surface area contributed by atoms with Gasteiger partial charge in [0.1, 0.15) is 17.7 Å². The normalized spacial score (nSPS) is 17.2. The van der Waals surface area contributed by atoms with Gasteiger partial charge in [-0.3, -0.25) is 0 Å². The van der Waals surface area contributed by atoms with Gasteiger partial charge in [-0.1, -0.05) is 25.1 Å². The largest absolute Gasteiger partial charge is 0.488 e. The number of nitrogens with zero attached hydrogens (tertiary/aromatic N) is 2. The number of hydrogen-bond acceptors (Lipinski definition) is 3. The van der Waals surface area contributed by atoms with E-state index in [2.05, 4.69) is 33.9 Å². The Kier molecular flexibility index (Phi) is 3.51. The Bertz CT molecular complexity index is 525. The quantitative estimate of drug-likeness (QED) is 0.890. The summed E-state index contributed by atoms with van der Waals surface area (Å²) in [4.78, 5) is 4.39. The molecule has 1 aromatic carbocycles. The summed E-state index contributed by atoms with van der Waals surface area (Å²) < 4.78 is 8.15. The van der Waals surface area contributed by atoms with E-state index < -0.39 is 0 Å². The summed E-state index contributed by atoms with van der Waals surface area (Å²) in [5.74, 6) is 2.10. The van der Waals surface area contributed by atoms with E-state index >= 15 is 0 Å². The molecule has 0 saturated heterocycles. The van der Waals surface area contributed by atoms with E-state index in [0.717, 1.165) is 37.6 Å². The molecule has 4 nitrogen and oxygen atoms in total. The molecule has 0 saturated carbocycles. The highest BCUT2D eigenvalue weighted by Gasteiger charge is 2.23. The molecule has 3 rings (SSSR count). The highest BCUT2D eigenvalue weighted by atomic mass is 16.5. The maximum absolute atomic E-state index is 5.97. The smallest absolute Gasteiger partial charge is 0.123 e. The summed E-state index contributed by atoms with van der Waals surface area (Å²) in [6.45, 7) is 4.72. The molecule has 1 aromatic heterocycles. The first-order valence-corrected chi connectivity index (χ1v) is 6.82. The first kappa shape index (κ1) is 12.2. The molecular weight excluding hydrogens is 238 g/mol. The first-order chi connectivity index (χ1) is 9.36. The average molecular weight is 257 g/mol. The van der Waals surface area contributed by atoms with Gasteiger partial charge in [-0.15, -0.1) is 0 Å². The Labute approximate surface area is 113 Å². The van der Waals surface area contributed by atoms with Gasteiger partial charge in [-0.25, -0.2) is 4.98 Å². The number of hydrogen-bond donors (Lipinski definition) is 1. The van der Waals surface area contributed by atoms with Gasteiger partial charge in [0.2, 0.25) is 0 Å². The van der Waals surface area contributed by atoms with Crippen molar-refractivity contribution >= 4 is 0 Å². The molecule has 0 radical (unpaired) electrons. The van der Waals surface area contributed by atoms with Gasteiger partial charge >= 0.3 is 0 Å². The van der Waals surface area contributed by atoms with Crippen LogP contribution in [-0.2, 0) is 19.5 Å². The molecule has 1 aliphatic rings. The van der Waals surface area contributed by atoms with Gasteiger partial charge in [0, 0.05) is 18.8 Å². The number of benzene rings is 1.